The highest BCUT2D eigenvalue weighted by Crippen LogP contribution is 2.24. The lowest BCUT2D eigenvalue weighted by Gasteiger charge is -2.35. The molecule has 1 amide bonds. The van der Waals surface area contributed by atoms with E-state index in [1.807, 2.05) is 11.0 Å². The van der Waals surface area contributed by atoms with Crippen LogP contribution in [0.4, 0.5) is 5.82 Å². The number of anilines is 1. The number of rotatable bonds is 2. The van der Waals surface area contributed by atoms with Gasteiger partial charge in [-0.05, 0) is 18.6 Å². The molecule has 0 bridgehead atoms. The lowest BCUT2D eigenvalue weighted by molar-refractivity contribution is -0.00280. The van der Waals surface area contributed by atoms with Crippen molar-refractivity contribution in [3.63, 3.8) is 0 Å². The van der Waals surface area contributed by atoms with Gasteiger partial charge in [0.25, 0.3) is 5.91 Å². The van der Waals surface area contributed by atoms with E-state index in [9.17, 15) is 4.79 Å². The third kappa shape index (κ3) is 3.53. The standard InChI is InChI=1S/C16H25N3O2/c1-5-12-10-21-7-6-19(12)15(20)11-8-13(16(2,3)4)18-14(17)9-11/h8-9,12H,5-7,10H2,1-4H3,(H2,17,18). The summed E-state index contributed by atoms with van der Waals surface area (Å²) in [5.74, 6) is 0.414. The van der Waals surface area contributed by atoms with Crippen LogP contribution in [-0.4, -0.2) is 41.6 Å². The van der Waals surface area contributed by atoms with E-state index >= 15 is 0 Å². The van der Waals surface area contributed by atoms with E-state index < -0.39 is 0 Å². The van der Waals surface area contributed by atoms with Crippen molar-refractivity contribution >= 4 is 11.7 Å². The molecule has 5 nitrogen and oxygen atoms in total. The summed E-state index contributed by atoms with van der Waals surface area (Å²) < 4.78 is 5.46. The second-order valence-corrected chi connectivity index (χ2v) is 6.55. The van der Waals surface area contributed by atoms with Gasteiger partial charge in [0.2, 0.25) is 0 Å². The van der Waals surface area contributed by atoms with E-state index in [1.54, 1.807) is 6.07 Å². The second-order valence-electron chi connectivity index (χ2n) is 6.55. The van der Waals surface area contributed by atoms with Gasteiger partial charge in [-0.25, -0.2) is 4.98 Å². The van der Waals surface area contributed by atoms with Gasteiger partial charge in [-0.2, -0.15) is 0 Å². The minimum absolute atomic E-state index is 0.0183. The Kier molecular flexibility index (Phi) is 4.52. The molecule has 116 valence electrons. The topological polar surface area (TPSA) is 68.5 Å². The van der Waals surface area contributed by atoms with Gasteiger partial charge in [-0.1, -0.05) is 27.7 Å². The molecule has 1 fully saturated rings. The second kappa shape index (κ2) is 6.02. The number of nitrogens with two attached hydrogens (primary N) is 1. The molecule has 2 heterocycles. The Morgan fingerprint density at radius 2 is 2.19 bits per heavy atom. The molecular weight excluding hydrogens is 266 g/mol. The molecule has 0 spiro atoms. The van der Waals surface area contributed by atoms with Gasteiger partial charge < -0.3 is 15.4 Å². The molecule has 1 aliphatic heterocycles. The van der Waals surface area contributed by atoms with Crippen molar-refractivity contribution in [3.8, 4) is 0 Å². The molecule has 21 heavy (non-hydrogen) atoms. The fourth-order valence-electron chi connectivity index (χ4n) is 2.49. The molecule has 1 unspecified atom stereocenters. The fraction of sp³-hybridized carbons (Fsp3) is 0.625. The summed E-state index contributed by atoms with van der Waals surface area (Å²) in [5, 5.41) is 0. The van der Waals surface area contributed by atoms with Gasteiger partial charge in [0.05, 0.1) is 19.3 Å². The largest absolute Gasteiger partial charge is 0.384 e. The number of nitrogen functional groups attached to an aromatic ring is 1. The van der Waals surface area contributed by atoms with Crippen LogP contribution in [-0.2, 0) is 10.2 Å². The molecule has 1 atom stereocenters. The monoisotopic (exact) mass is 291 g/mol. The van der Waals surface area contributed by atoms with Crippen LogP contribution in [0.25, 0.3) is 0 Å². The average molecular weight is 291 g/mol. The quantitative estimate of drug-likeness (QED) is 0.907. The van der Waals surface area contributed by atoms with Crippen LogP contribution in [0.2, 0.25) is 0 Å². The number of hydrogen-bond donors (Lipinski definition) is 1. The number of hydrogen-bond acceptors (Lipinski definition) is 4. The minimum atomic E-state index is -0.139. The number of nitrogens with zero attached hydrogens (tertiary/aromatic N) is 2. The molecule has 0 radical (unpaired) electrons. The molecule has 1 aromatic rings. The number of ether oxygens (including phenoxy) is 1. The molecule has 2 rings (SSSR count). The van der Waals surface area contributed by atoms with Crippen molar-refractivity contribution < 1.29 is 9.53 Å². The number of pyridine rings is 1. The fourth-order valence-corrected chi connectivity index (χ4v) is 2.49. The van der Waals surface area contributed by atoms with Crippen LogP contribution in [0.3, 0.4) is 0 Å². The van der Waals surface area contributed by atoms with Gasteiger partial charge in [-0.15, -0.1) is 0 Å². The maximum atomic E-state index is 12.8. The first kappa shape index (κ1) is 15.8. The van der Waals surface area contributed by atoms with Crippen LogP contribution >= 0.6 is 0 Å². The third-order valence-electron chi connectivity index (χ3n) is 3.82. The number of carbonyl (C=O) groups excluding carboxylic acids is 1. The predicted octanol–water partition coefficient (Wildman–Crippen LogP) is 2.21. The van der Waals surface area contributed by atoms with Crippen molar-refractivity contribution in [1.29, 1.82) is 0 Å². The molecule has 5 heteroatoms. The van der Waals surface area contributed by atoms with Crippen LogP contribution in [0.1, 0.15) is 50.2 Å². The molecule has 1 aliphatic rings. The van der Waals surface area contributed by atoms with Crippen LogP contribution in [0, 0.1) is 0 Å². The Morgan fingerprint density at radius 1 is 1.48 bits per heavy atom. The summed E-state index contributed by atoms with van der Waals surface area (Å²) in [5.41, 5.74) is 7.20. The van der Waals surface area contributed by atoms with E-state index in [-0.39, 0.29) is 17.4 Å². The van der Waals surface area contributed by atoms with Crippen molar-refractivity contribution in [3.05, 3.63) is 23.4 Å². The number of carbonyl (C=O) groups is 1. The summed E-state index contributed by atoms with van der Waals surface area (Å²) in [6.07, 6.45) is 0.887. The Labute approximate surface area is 126 Å². The normalized spacial score (nSPS) is 19.6. The van der Waals surface area contributed by atoms with E-state index in [1.165, 1.54) is 0 Å². The Hall–Kier alpha value is -1.62. The summed E-state index contributed by atoms with van der Waals surface area (Å²) in [6.45, 7) is 10.1. The zero-order valence-corrected chi connectivity index (χ0v) is 13.3. The van der Waals surface area contributed by atoms with E-state index in [4.69, 9.17) is 10.5 Å². The minimum Gasteiger partial charge on any atom is -0.384 e. The molecule has 0 saturated carbocycles. The highest BCUT2D eigenvalue weighted by atomic mass is 16.5. The molecule has 0 aliphatic carbocycles. The molecule has 0 aromatic carbocycles. The highest BCUT2D eigenvalue weighted by Gasteiger charge is 2.28. The van der Waals surface area contributed by atoms with Gasteiger partial charge in [-0.3, -0.25) is 4.79 Å². The van der Waals surface area contributed by atoms with Gasteiger partial charge >= 0.3 is 0 Å². The van der Waals surface area contributed by atoms with Crippen LogP contribution in [0.15, 0.2) is 12.1 Å². The lowest BCUT2D eigenvalue weighted by atomic mass is 9.90. The number of aromatic nitrogens is 1. The summed E-state index contributed by atoms with van der Waals surface area (Å²) in [4.78, 5) is 19.0. The SMILES string of the molecule is CCC1COCCN1C(=O)c1cc(N)nc(C(C)(C)C)c1. The number of amides is 1. The summed E-state index contributed by atoms with van der Waals surface area (Å²) in [7, 11) is 0. The van der Waals surface area contributed by atoms with E-state index in [2.05, 4.69) is 32.7 Å². The lowest BCUT2D eigenvalue weighted by Crippen LogP contribution is -2.48. The highest BCUT2D eigenvalue weighted by molar-refractivity contribution is 5.95. The Balaban J connectivity index is 2.32. The average Bonchev–Trinajstić information content (AvgIpc) is 2.45. The molecule has 1 aromatic heterocycles. The smallest absolute Gasteiger partial charge is 0.254 e. The summed E-state index contributed by atoms with van der Waals surface area (Å²) >= 11 is 0. The molecule has 1 saturated heterocycles. The zero-order chi connectivity index (χ0) is 15.6. The summed E-state index contributed by atoms with van der Waals surface area (Å²) in [6, 6.07) is 3.67. The van der Waals surface area contributed by atoms with Crippen LogP contribution < -0.4 is 5.73 Å². The number of morpholine rings is 1. The van der Waals surface area contributed by atoms with Gasteiger partial charge in [0.1, 0.15) is 5.82 Å². The first-order valence-electron chi connectivity index (χ1n) is 7.49. The first-order chi connectivity index (χ1) is 9.82. The van der Waals surface area contributed by atoms with Crippen molar-refractivity contribution in [2.75, 3.05) is 25.5 Å². The molecule has 2 N–H and O–H groups in total. The maximum absolute atomic E-state index is 12.8. The third-order valence-corrected chi connectivity index (χ3v) is 3.82. The molecular formula is C16H25N3O2. The van der Waals surface area contributed by atoms with Crippen molar-refractivity contribution in [2.45, 2.75) is 45.6 Å². The first-order valence-corrected chi connectivity index (χ1v) is 7.49. The van der Waals surface area contributed by atoms with Crippen molar-refractivity contribution in [1.82, 2.24) is 9.88 Å². The maximum Gasteiger partial charge on any atom is 0.254 e. The van der Waals surface area contributed by atoms with E-state index in [0.29, 0.717) is 31.1 Å². The predicted molar refractivity (Wildman–Crippen MR) is 83.3 cm³/mol. The Bertz CT molecular complexity index is 523. The van der Waals surface area contributed by atoms with Gasteiger partial charge in [0.15, 0.2) is 0 Å². The Morgan fingerprint density at radius 3 is 2.81 bits per heavy atom. The zero-order valence-electron chi connectivity index (χ0n) is 13.3. The van der Waals surface area contributed by atoms with E-state index in [0.717, 1.165) is 12.1 Å². The van der Waals surface area contributed by atoms with Crippen molar-refractivity contribution in [2.24, 2.45) is 0 Å². The van der Waals surface area contributed by atoms with Gasteiger partial charge in [0, 0.05) is 23.2 Å². The van der Waals surface area contributed by atoms with Crippen LogP contribution in [0.5, 0.6) is 0 Å².